The average Bonchev–Trinajstić information content (AvgIpc) is 2.39. The maximum atomic E-state index is 5.41. The fourth-order valence-electron chi connectivity index (χ4n) is 1.27. The first kappa shape index (κ1) is 16.9. The number of pyridine rings is 1. The summed E-state index contributed by atoms with van der Waals surface area (Å²) in [5, 5.41) is 6.11. The minimum atomic E-state index is 0. The standard InChI is InChI=1S/C12H20N4O.HI/c1-4-7-17-11-6-5-10(8-15-11)9-16-12(13-2)14-3;/h5-6,8H,4,7,9H2,1-3H3,(H2,13,14,16);1H. The second-order valence-corrected chi connectivity index (χ2v) is 3.53. The number of nitrogens with one attached hydrogen (secondary N) is 2. The fourth-order valence-corrected chi connectivity index (χ4v) is 1.27. The molecule has 0 saturated carbocycles. The van der Waals surface area contributed by atoms with Crippen molar-refractivity contribution in [2.75, 3.05) is 20.7 Å². The second kappa shape index (κ2) is 9.93. The zero-order chi connectivity index (χ0) is 12.5. The van der Waals surface area contributed by atoms with Gasteiger partial charge in [0.05, 0.1) is 6.61 Å². The molecule has 0 amide bonds. The summed E-state index contributed by atoms with van der Waals surface area (Å²) in [7, 11) is 3.56. The van der Waals surface area contributed by atoms with Gasteiger partial charge < -0.3 is 15.4 Å². The van der Waals surface area contributed by atoms with Crippen LogP contribution in [0.2, 0.25) is 0 Å². The summed E-state index contributed by atoms with van der Waals surface area (Å²) in [6.45, 7) is 3.47. The Kier molecular flexibility index (Phi) is 9.35. The molecule has 0 bridgehead atoms. The van der Waals surface area contributed by atoms with Gasteiger partial charge in [-0.1, -0.05) is 13.0 Å². The van der Waals surface area contributed by atoms with E-state index in [0.29, 0.717) is 19.0 Å². The van der Waals surface area contributed by atoms with Crippen LogP contribution in [-0.4, -0.2) is 31.6 Å². The predicted octanol–water partition coefficient (Wildman–Crippen LogP) is 1.78. The molecule has 1 rings (SSSR count). The molecular formula is C12H21IN4O. The van der Waals surface area contributed by atoms with Crippen LogP contribution in [-0.2, 0) is 6.54 Å². The predicted molar refractivity (Wildman–Crippen MR) is 84.7 cm³/mol. The van der Waals surface area contributed by atoms with E-state index in [-0.39, 0.29) is 24.0 Å². The summed E-state index contributed by atoms with van der Waals surface area (Å²) >= 11 is 0. The number of guanidine groups is 1. The number of hydrogen-bond acceptors (Lipinski definition) is 3. The third-order valence-corrected chi connectivity index (χ3v) is 2.17. The highest BCUT2D eigenvalue weighted by atomic mass is 127. The van der Waals surface area contributed by atoms with Crippen LogP contribution in [0.1, 0.15) is 18.9 Å². The Morgan fingerprint density at radius 1 is 1.44 bits per heavy atom. The molecule has 0 aliphatic rings. The van der Waals surface area contributed by atoms with E-state index in [2.05, 4.69) is 27.5 Å². The lowest BCUT2D eigenvalue weighted by Crippen LogP contribution is -2.34. The van der Waals surface area contributed by atoms with E-state index >= 15 is 0 Å². The number of aliphatic imine (C=N–C) groups is 1. The van der Waals surface area contributed by atoms with Crippen LogP contribution in [0.5, 0.6) is 5.88 Å². The third-order valence-electron chi connectivity index (χ3n) is 2.17. The van der Waals surface area contributed by atoms with Crippen LogP contribution in [0.3, 0.4) is 0 Å². The van der Waals surface area contributed by atoms with Crippen molar-refractivity contribution in [3.63, 3.8) is 0 Å². The number of halogens is 1. The van der Waals surface area contributed by atoms with Crippen LogP contribution >= 0.6 is 24.0 Å². The monoisotopic (exact) mass is 364 g/mol. The molecule has 0 radical (unpaired) electrons. The Bertz CT molecular complexity index is 354. The number of aromatic nitrogens is 1. The molecule has 18 heavy (non-hydrogen) atoms. The van der Waals surface area contributed by atoms with Gasteiger partial charge in [-0.25, -0.2) is 4.98 Å². The van der Waals surface area contributed by atoms with E-state index in [1.54, 1.807) is 13.2 Å². The molecule has 102 valence electrons. The third kappa shape index (κ3) is 6.04. The second-order valence-electron chi connectivity index (χ2n) is 3.53. The van der Waals surface area contributed by atoms with E-state index in [4.69, 9.17) is 4.74 Å². The summed E-state index contributed by atoms with van der Waals surface area (Å²) in [6, 6.07) is 3.88. The summed E-state index contributed by atoms with van der Waals surface area (Å²) in [5.41, 5.74) is 1.09. The van der Waals surface area contributed by atoms with Gasteiger partial charge in [-0.05, 0) is 12.0 Å². The van der Waals surface area contributed by atoms with Gasteiger partial charge in [0.1, 0.15) is 0 Å². The Balaban J connectivity index is 0.00000289. The first-order chi connectivity index (χ1) is 8.30. The highest BCUT2D eigenvalue weighted by Crippen LogP contribution is 2.07. The molecule has 5 nitrogen and oxygen atoms in total. The minimum absolute atomic E-state index is 0. The van der Waals surface area contributed by atoms with E-state index < -0.39 is 0 Å². The lowest BCUT2D eigenvalue weighted by atomic mass is 10.3. The highest BCUT2D eigenvalue weighted by Gasteiger charge is 1.98. The maximum absolute atomic E-state index is 5.41. The highest BCUT2D eigenvalue weighted by molar-refractivity contribution is 14.0. The van der Waals surface area contributed by atoms with Crippen molar-refractivity contribution in [2.45, 2.75) is 19.9 Å². The number of rotatable bonds is 5. The zero-order valence-electron chi connectivity index (χ0n) is 11.1. The van der Waals surface area contributed by atoms with Crippen molar-refractivity contribution in [1.29, 1.82) is 0 Å². The lowest BCUT2D eigenvalue weighted by molar-refractivity contribution is 0.305. The van der Waals surface area contributed by atoms with Crippen molar-refractivity contribution in [1.82, 2.24) is 15.6 Å². The summed E-state index contributed by atoms with van der Waals surface area (Å²) in [4.78, 5) is 8.25. The van der Waals surface area contributed by atoms with Crippen LogP contribution in [0, 0.1) is 0 Å². The molecule has 0 atom stereocenters. The van der Waals surface area contributed by atoms with E-state index in [0.717, 1.165) is 17.9 Å². The summed E-state index contributed by atoms with van der Waals surface area (Å²) < 4.78 is 5.41. The van der Waals surface area contributed by atoms with Gasteiger partial charge in [0.15, 0.2) is 5.96 Å². The van der Waals surface area contributed by atoms with Gasteiger partial charge in [0.2, 0.25) is 5.88 Å². The SMILES string of the molecule is CCCOc1ccc(CNC(=NC)NC)cn1.I. The molecule has 0 unspecified atom stereocenters. The van der Waals surface area contributed by atoms with Crippen molar-refractivity contribution >= 4 is 29.9 Å². The lowest BCUT2D eigenvalue weighted by Gasteiger charge is -2.08. The molecular weight excluding hydrogens is 343 g/mol. The molecule has 0 saturated heterocycles. The minimum Gasteiger partial charge on any atom is -0.478 e. The molecule has 0 fully saturated rings. The quantitative estimate of drug-likeness (QED) is 0.475. The van der Waals surface area contributed by atoms with Crippen LogP contribution in [0.15, 0.2) is 23.3 Å². The van der Waals surface area contributed by atoms with Gasteiger partial charge in [-0.2, -0.15) is 0 Å². The Hall–Kier alpha value is -1.05. The van der Waals surface area contributed by atoms with Gasteiger partial charge in [0, 0.05) is 32.9 Å². The molecule has 0 aromatic carbocycles. The molecule has 2 N–H and O–H groups in total. The molecule has 1 aromatic heterocycles. The average molecular weight is 364 g/mol. The summed E-state index contributed by atoms with van der Waals surface area (Å²) in [6.07, 6.45) is 2.80. The van der Waals surface area contributed by atoms with Crippen LogP contribution in [0.25, 0.3) is 0 Å². The van der Waals surface area contributed by atoms with Gasteiger partial charge in [-0.3, -0.25) is 4.99 Å². The number of ether oxygens (including phenoxy) is 1. The van der Waals surface area contributed by atoms with Crippen molar-refractivity contribution in [3.8, 4) is 5.88 Å². The van der Waals surface area contributed by atoms with Gasteiger partial charge in [-0.15, -0.1) is 24.0 Å². The molecule has 0 spiro atoms. The van der Waals surface area contributed by atoms with Crippen LogP contribution < -0.4 is 15.4 Å². The smallest absolute Gasteiger partial charge is 0.213 e. The van der Waals surface area contributed by atoms with E-state index in [9.17, 15) is 0 Å². The largest absolute Gasteiger partial charge is 0.478 e. The van der Waals surface area contributed by atoms with E-state index in [1.165, 1.54) is 0 Å². The normalized spacial score (nSPS) is 10.5. The Morgan fingerprint density at radius 2 is 2.22 bits per heavy atom. The summed E-state index contributed by atoms with van der Waals surface area (Å²) in [5.74, 6) is 1.44. The van der Waals surface area contributed by atoms with Gasteiger partial charge in [0.25, 0.3) is 0 Å². The molecule has 1 aromatic rings. The molecule has 1 heterocycles. The Morgan fingerprint density at radius 3 is 2.72 bits per heavy atom. The van der Waals surface area contributed by atoms with Crippen molar-refractivity contribution in [2.24, 2.45) is 4.99 Å². The fraction of sp³-hybridized carbons (Fsp3) is 0.500. The molecule has 0 aliphatic carbocycles. The van der Waals surface area contributed by atoms with Crippen LogP contribution in [0.4, 0.5) is 0 Å². The molecule has 6 heteroatoms. The number of hydrogen-bond donors (Lipinski definition) is 2. The van der Waals surface area contributed by atoms with E-state index in [1.807, 2.05) is 19.2 Å². The Labute approximate surface area is 125 Å². The first-order valence-electron chi connectivity index (χ1n) is 5.76. The van der Waals surface area contributed by atoms with Crippen molar-refractivity contribution in [3.05, 3.63) is 23.9 Å². The first-order valence-corrected chi connectivity index (χ1v) is 5.76. The van der Waals surface area contributed by atoms with Crippen molar-refractivity contribution < 1.29 is 4.74 Å². The zero-order valence-corrected chi connectivity index (χ0v) is 13.4. The maximum Gasteiger partial charge on any atom is 0.213 e. The van der Waals surface area contributed by atoms with Gasteiger partial charge >= 0.3 is 0 Å². The topological polar surface area (TPSA) is 58.5 Å². The molecule has 0 aliphatic heterocycles. The number of nitrogens with zero attached hydrogens (tertiary/aromatic N) is 2.